The van der Waals surface area contributed by atoms with E-state index in [9.17, 15) is 13.6 Å². The molecule has 0 saturated carbocycles. The van der Waals surface area contributed by atoms with Crippen molar-refractivity contribution in [2.24, 2.45) is 0 Å². The molecule has 1 aromatic rings. The van der Waals surface area contributed by atoms with E-state index in [0.29, 0.717) is 6.07 Å². The summed E-state index contributed by atoms with van der Waals surface area (Å²) in [6, 6.07) is 1.55. The van der Waals surface area contributed by atoms with Crippen molar-refractivity contribution in [3.05, 3.63) is 35.4 Å². The van der Waals surface area contributed by atoms with Crippen molar-refractivity contribution in [2.45, 2.75) is 6.04 Å². The topological polar surface area (TPSA) is 69.6 Å². The molecule has 1 unspecified atom stereocenters. The highest BCUT2D eigenvalue weighted by atomic mass is 19.1. The number of hydrogen-bond acceptors (Lipinski definition) is 2. The third kappa shape index (κ3) is 3.17. The van der Waals surface area contributed by atoms with Gasteiger partial charge in [-0.25, -0.2) is 13.6 Å². The Morgan fingerprint density at radius 2 is 1.87 bits per heavy atom. The molecular weight excluding hydrogens is 208 g/mol. The number of aliphatic hydroxyl groups excluding tert-OH is 1. The summed E-state index contributed by atoms with van der Waals surface area (Å²) < 4.78 is 25.5. The van der Waals surface area contributed by atoms with E-state index in [0.717, 1.165) is 12.1 Å². The molecule has 15 heavy (non-hydrogen) atoms. The van der Waals surface area contributed by atoms with Gasteiger partial charge in [0.25, 0.3) is 0 Å². The van der Waals surface area contributed by atoms with Crippen molar-refractivity contribution in [1.29, 1.82) is 0 Å². The van der Waals surface area contributed by atoms with Crippen LogP contribution >= 0.6 is 0 Å². The Morgan fingerprint density at radius 1 is 1.33 bits per heavy atom. The molecule has 0 spiro atoms. The van der Waals surface area contributed by atoms with Crippen LogP contribution in [0.1, 0.15) is 11.6 Å². The second-order valence-electron chi connectivity index (χ2n) is 2.89. The summed E-state index contributed by atoms with van der Waals surface area (Å²) in [6.07, 6.45) is -1.38. The van der Waals surface area contributed by atoms with Gasteiger partial charge in [0.05, 0.1) is 12.6 Å². The van der Waals surface area contributed by atoms with Crippen LogP contribution in [-0.2, 0) is 0 Å². The molecule has 0 fully saturated rings. The van der Waals surface area contributed by atoms with Gasteiger partial charge >= 0.3 is 6.09 Å². The van der Waals surface area contributed by atoms with E-state index in [1.165, 1.54) is 0 Å². The number of halogens is 2. The summed E-state index contributed by atoms with van der Waals surface area (Å²) in [5.74, 6) is -1.65. The zero-order valence-electron chi connectivity index (χ0n) is 7.58. The highest BCUT2D eigenvalue weighted by Crippen LogP contribution is 2.15. The van der Waals surface area contributed by atoms with Crippen LogP contribution in [-0.4, -0.2) is 22.9 Å². The second kappa shape index (κ2) is 4.70. The molecule has 0 heterocycles. The summed E-state index contributed by atoms with van der Waals surface area (Å²) in [5, 5.41) is 19.2. The predicted molar refractivity (Wildman–Crippen MR) is 47.3 cm³/mol. The Morgan fingerprint density at radius 3 is 2.27 bits per heavy atom. The quantitative estimate of drug-likeness (QED) is 0.714. The van der Waals surface area contributed by atoms with E-state index in [4.69, 9.17) is 10.2 Å². The van der Waals surface area contributed by atoms with Gasteiger partial charge in [0, 0.05) is 6.07 Å². The van der Waals surface area contributed by atoms with Gasteiger partial charge in [0.15, 0.2) is 0 Å². The molecule has 3 N–H and O–H groups in total. The van der Waals surface area contributed by atoms with Gasteiger partial charge in [-0.05, 0) is 17.7 Å². The van der Waals surface area contributed by atoms with Crippen LogP contribution < -0.4 is 5.32 Å². The minimum Gasteiger partial charge on any atom is -0.465 e. The van der Waals surface area contributed by atoms with Crippen LogP contribution in [0.5, 0.6) is 0 Å². The average Bonchev–Trinajstić information content (AvgIpc) is 2.12. The zero-order valence-corrected chi connectivity index (χ0v) is 7.58. The fourth-order valence-electron chi connectivity index (χ4n) is 1.16. The van der Waals surface area contributed by atoms with Gasteiger partial charge < -0.3 is 15.5 Å². The summed E-state index contributed by atoms with van der Waals surface area (Å²) in [4.78, 5) is 10.3. The molecule has 0 aliphatic carbocycles. The maximum absolute atomic E-state index is 12.8. The van der Waals surface area contributed by atoms with Crippen molar-refractivity contribution in [2.75, 3.05) is 6.61 Å². The van der Waals surface area contributed by atoms with E-state index < -0.39 is 30.4 Å². The summed E-state index contributed by atoms with van der Waals surface area (Å²) in [7, 11) is 0. The average molecular weight is 217 g/mol. The number of hydrogen-bond donors (Lipinski definition) is 3. The molecule has 1 atom stereocenters. The minimum atomic E-state index is -1.38. The van der Waals surface area contributed by atoms with E-state index in [2.05, 4.69) is 0 Å². The van der Waals surface area contributed by atoms with Crippen molar-refractivity contribution in [3.8, 4) is 0 Å². The highest BCUT2D eigenvalue weighted by Gasteiger charge is 2.14. The van der Waals surface area contributed by atoms with Crippen LogP contribution in [0.15, 0.2) is 18.2 Å². The van der Waals surface area contributed by atoms with Crippen molar-refractivity contribution in [3.63, 3.8) is 0 Å². The number of carboxylic acid groups (broad SMARTS) is 1. The third-order valence-corrected chi connectivity index (χ3v) is 1.77. The number of amides is 1. The van der Waals surface area contributed by atoms with E-state index in [-0.39, 0.29) is 5.56 Å². The van der Waals surface area contributed by atoms with E-state index in [1.54, 1.807) is 0 Å². The molecule has 0 saturated heterocycles. The lowest BCUT2D eigenvalue weighted by atomic mass is 10.1. The summed E-state index contributed by atoms with van der Waals surface area (Å²) >= 11 is 0. The fourth-order valence-corrected chi connectivity index (χ4v) is 1.16. The van der Waals surface area contributed by atoms with Crippen LogP contribution in [0, 0.1) is 11.6 Å². The highest BCUT2D eigenvalue weighted by molar-refractivity contribution is 5.65. The SMILES string of the molecule is O=C(O)NC(CO)c1cc(F)cc(F)c1. The number of rotatable bonds is 3. The molecule has 82 valence electrons. The van der Waals surface area contributed by atoms with Crippen LogP contribution in [0.3, 0.4) is 0 Å². The molecule has 4 nitrogen and oxygen atoms in total. The smallest absolute Gasteiger partial charge is 0.405 e. The first-order valence-electron chi connectivity index (χ1n) is 4.09. The number of carbonyl (C=O) groups is 1. The Bertz CT molecular complexity index is 350. The lowest BCUT2D eigenvalue weighted by Crippen LogP contribution is -2.29. The molecule has 0 bridgehead atoms. The molecule has 0 aliphatic rings. The Balaban J connectivity index is 2.95. The number of aliphatic hydroxyl groups is 1. The molecule has 1 aromatic carbocycles. The molecule has 1 rings (SSSR count). The Labute approximate surface area is 84.2 Å². The Kier molecular flexibility index (Phi) is 3.56. The number of benzene rings is 1. The first-order chi connectivity index (χ1) is 7.02. The van der Waals surface area contributed by atoms with Gasteiger partial charge in [-0.15, -0.1) is 0 Å². The minimum absolute atomic E-state index is 0.0393. The molecule has 1 amide bonds. The normalized spacial score (nSPS) is 12.2. The molecule has 0 aromatic heterocycles. The van der Waals surface area contributed by atoms with Gasteiger partial charge in [-0.2, -0.15) is 0 Å². The van der Waals surface area contributed by atoms with Crippen molar-refractivity contribution in [1.82, 2.24) is 5.32 Å². The van der Waals surface area contributed by atoms with Gasteiger partial charge in [0.2, 0.25) is 0 Å². The predicted octanol–water partition coefficient (Wildman–Crippen LogP) is 1.27. The summed E-state index contributed by atoms with van der Waals surface area (Å²) in [6.45, 7) is -0.574. The van der Waals surface area contributed by atoms with Crippen LogP contribution in [0.2, 0.25) is 0 Å². The molecule has 0 aliphatic heterocycles. The van der Waals surface area contributed by atoms with Crippen molar-refractivity contribution >= 4 is 6.09 Å². The van der Waals surface area contributed by atoms with Crippen LogP contribution in [0.4, 0.5) is 13.6 Å². The Hall–Kier alpha value is -1.69. The van der Waals surface area contributed by atoms with Crippen LogP contribution in [0.25, 0.3) is 0 Å². The standard InChI is InChI=1S/C9H9F2NO3/c10-6-1-5(2-7(11)3-6)8(4-13)12-9(14)15/h1-3,8,12-13H,4H2,(H,14,15). The molecular formula is C9H9F2NO3. The van der Waals surface area contributed by atoms with Crippen molar-refractivity contribution < 1.29 is 23.8 Å². The first kappa shape index (κ1) is 11.4. The monoisotopic (exact) mass is 217 g/mol. The van der Waals surface area contributed by atoms with Gasteiger partial charge in [-0.1, -0.05) is 0 Å². The third-order valence-electron chi connectivity index (χ3n) is 1.77. The maximum Gasteiger partial charge on any atom is 0.405 e. The molecule has 0 radical (unpaired) electrons. The van der Waals surface area contributed by atoms with Gasteiger partial charge in [0.1, 0.15) is 11.6 Å². The molecule has 6 heteroatoms. The largest absolute Gasteiger partial charge is 0.465 e. The van der Waals surface area contributed by atoms with Gasteiger partial charge in [-0.3, -0.25) is 0 Å². The summed E-state index contributed by atoms with van der Waals surface area (Å²) in [5.41, 5.74) is 0.0393. The lowest BCUT2D eigenvalue weighted by Gasteiger charge is -2.14. The number of nitrogens with one attached hydrogen (secondary N) is 1. The first-order valence-corrected chi connectivity index (χ1v) is 4.09. The zero-order chi connectivity index (χ0) is 11.4. The van der Waals surface area contributed by atoms with E-state index in [1.807, 2.05) is 5.32 Å². The fraction of sp³-hybridized carbons (Fsp3) is 0.222. The lowest BCUT2D eigenvalue weighted by molar-refractivity contribution is 0.177. The second-order valence-corrected chi connectivity index (χ2v) is 2.89. The maximum atomic E-state index is 12.8. The van der Waals surface area contributed by atoms with E-state index >= 15 is 0 Å².